The van der Waals surface area contributed by atoms with Gasteiger partial charge in [-0.15, -0.1) is 0 Å². The second kappa shape index (κ2) is 7.65. The van der Waals surface area contributed by atoms with Crippen LogP contribution in [0.1, 0.15) is 17.5 Å². The fraction of sp³-hybridized carbons (Fsp3) is 0.353. The van der Waals surface area contributed by atoms with Crippen LogP contribution in [0.5, 0.6) is 0 Å². The molecule has 2 rings (SSSR count). The van der Waals surface area contributed by atoms with Gasteiger partial charge in [0.2, 0.25) is 0 Å². The Balaban J connectivity index is 1.63. The highest BCUT2D eigenvalue weighted by Gasteiger charge is 1.97. The summed E-state index contributed by atoms with van der Waals surface area (Å²) in [5.41, 5.74) is 2.36. The van der Waals surface area contributed by atoms with Gasteiger partial charge in [-0.3, -0.25) is 4.79 Å². The second-order valence-corrected chi connectivity index (χ2v) is 4.94. The summed E-state index contributed by atoms with van der Waals surface area (Å²) in [4.78, 5) is 11.7. The van der Waals surface area contributed by atoms with Crippen LogP contribution >= 0.6 is 0 Å². The molecule has 0 saturated carbocycles. The van der Waals surface area contributed by atoms with Crippen molar-refractivity contribution < 1.29 is 4.74 Å². The zero-order chi connectivity index (χ0) is 14.2. The number of rotatable bonds is 7. The van der Waals surface area contributed by atoms with Crippen molar-refractivity contribution in [2.45, 2.75) is 26.3 Å². The Bertz CT molecular complexity index is 575. The standard InChI is InChI=1S/C17H21NO2/c1-15-8-11-18(17(19)14-15)10-5-12-20-13-9-16-6-3-2-4-7-16/h2-4,6-8,11,14H,5,9-10,12-13H2,1H3. The molecule has 20 heavy (non-hydrogen) atoms. The molecule has 1 heterocycles. The molecular weight excluding hydrogens is 250 g/mol. The monoisotopic (exact) mass is 271 g/mol. The molecule has 0 radical (unpaired) electrons. The highest BCUT2D eigenvalue weighted by molar-refractivity contribution is 5.14. The number of benzene rings is 1. The predicted octanol–water partition coefficient (Wildman–Crippen LogP) is 2.81. The van der Waals surface area contributed by atoms with E-state index in [0.29, 0.717) is 13.2 Å². The fourth-order valence-electron chi connectivity index (χ4n) is 2.07. The van der Waals surface area contributed by atoms with Crippen molar-refractivity contribution in [3.05, 3.63) is 70.1 Å². The Morgan fingerprint density at radius 2 is 1.90 bits per heavy atom. The van der Waals surface area contributed by atoms with Crippen LogP contribution in [0.2, 0.25) is 0 Å². The zero-order valence-corrected chi connectivity index (χ0v) is 11.9. The number of ether oxygens (including phenoxy) is 1. The Morgan fingerprint density at radius 1 is 1.10 bits per heavy atom. The Hall–Kier alpha value is -1.87. The van der Waals surface area contributed by atoms with Crippen molar-refractivity contribution in [2.75, 3.05) is 13.2 Å². The lowest BCUT2D eigenvalue weighted by molar-refractivity contribution is 0.131. The van der Waals surface area contributed by atoms with Crippen LogP contribution in [-0.2, 0) is 17.7 Å². The first-order valence-corrected chi connectivity index (χ1v) is 7.04. The van der Waals surface area contributed by atoms with Gasteiger partial charge in [-0.05, 0) is 37.0 Å². The molecule has 3 nitrogen and oxygen atoms in total. The van der Waals surface area contributed by atoms with E-state index in [4.69, 9.17) is 4.74 Å². The molecule has 0 spiro atoms. The molecule has 0 saturated heterocycles. The third-order valence-electron chi connectivity index (χ3n) is 3.22. The summed E-state index contributed by atoms with van der Waals surface area (Å²) in [6.45, 7) is 4.06. The van der Waals surface area contributed by atoms with E-state index in [9.17, 15) is 4.79 Å². The van der Waals surface area contributed by atoms with Crippen molar-refractivity contribution in [3.8, 4) is 0 Å². The Kier molecular flexibility index (Phi) is 5.56. The molecule has 0 aliphatic heterocycles. The molecule has 0 aliphatic rings. The molecule has 2 aromatic rings. The molecule has 3 heteroatoms. The number of aromatic nitrogens is 1. The first-order valence-electron chi connectivity index (χ1n) is 7.04. The molecule has 0 N–H and O–H groups in total. The van der Waals surface area contributed by atoms with Gasteiger partial charge >= 0.3 is 0 Å². The van der Waals surface area contributed by atoms with Gasteiger partial charge in [0.25, 0.3) is 5.56 Å². The summed E-state index contributed by atoms with van der Waals surface area (Å²) < 4.78 is 7.34. The molecule has 0 unspecified atom stereocenters. The van der Waals surface area contributed by atoms with Crippen LogP contribution in [0.15, 0.2) is 53.5 Å². The van der Waals surface area contributed by atoms with E-state index >= 15 is 0 Å². The van der Waals surface area contributed by atoms with Gasteiger partial charge < -0.3 is 9.30 Å². The molecule has 0 bridgehead atoms. The quantitative estimate of drug-likeness (QED) is 0.725. The molecule has 0 amide bonds. The van der Waals surface area contributed by atoms with E-state index in [0.717, 1.165) is 25.0 Å². The van der Waals surface area contributed by atoms with Crippen LogP contribution < -0.4 is 5.56 Å². The summed E-state index contributed by atoms with van der Waals surface area (Å²) in [5, 5.41) is 0. The average Bonchev–Trinajstić information content (AvgIpc) is 2.46. The Labute approximate surface area is 119 Å². The van der Waals surface area contributed by atoms with Gasteiger partial charge in [0, 0.05) is 25.4 Å². The van der Waals surface area contributed by atoms with Crippen LogP contribution in [0.3, 0.4) is 0 Å². The van der Waals surface area contributed by atoms with Gasteiger partial charge in [-0.2, -0.15) is 0 Å². The van der Waals surface area contributed by atoms with Gasteiger partial charge in [-0.1, -0.05) is 30.3 Å². The highest BCUT2D eigenvalue weighted by atomic mass is 16.5. The van der Waals surface area contributed by atoms with Crippen molar-refractivity contribution in [1.82, 2.24) is 4.57 Å². The smallest absolute Gasteiger partial charge is 0.250 e. The predicted molar refractivity (Wildman–Crippen MR) is 81.0 cm³/mol. The zero-order valence-electron chi connectivity index (χ0n) is 11.9. The van der Waals surface area contributed by atoms with E-state index in [1.807, 2.05) is 37.4 Å². The lowest BCUT2D eigenvalue weighted by atomic mass is 10.2. The highest BCUT2D eigenvalue weighted by Crippen LogP contribution is 2.00. The third-order valence-corrected chi connectivity index (χ3v) is 3.22. The average molecular weight is 271 g/mol. The molecule has 106 valence electrons. The third kappa shape index (κ3) is 4.67. The van der Waals surface area contributed by atoms with Gasteiger partial charge in [0.05, 0.1) is 6.61 Å². The number of aryl methyl sites for hydroxylation is 2. The molecular formula is C17H21NO2. The largest absolute Gasteiger partial charge is 0.381 e. The number of nitrogens with zero attached hydrogens (tertiary/aromatic N) is 1. The lowest BCUT2D eigenvalue weighted by Crippen LogP contribution is -2.19. The molecule has 0 fully saturated rings. The lowest BCUT2D eigenvalue weighted by Gasteiger charge is -2.07. The minimum absolute atomic E-state index is 0.0642. The summed E-state index contributed by atoms with van der Waals surface area (Å²) in [7, 11) is 0. The van der Waals surface area contributed by atoms with Crippen molar-refractivity contribution in [1.29, 1.82) is 0 Å². The number of pyridine rings is 1. The molecule has 0 atom stereocenters. The maximum Gasteiger partial charge on any atom is 0.250 e. The van der Waals surface area contributed by atoms with Gasteiger partial charge in [-0.25, -0.2) is 0 Å². The molecule has 1 aromatic carbocycles. The summed E-state index contributed by atoms with van der Waals surface area (Å²) in [6.07, 6.45) is 3.64. The van der Waals surface area contributed by atoms with E-state index in [2.05, 4.69) is 12.1 Å². The summed E-state index contributed by atoms with van der Waals surface area (Å²) in [5.74, 6) is 0. The van der Waals surface area contributed by atoms with Crippen LogP contribution in [0.25, 0.3) is 0 Å². The number of hydrogen-bond acceptors (Lipinski definition) is 2. The van der Waals surface area contributed by atoms with Crippen molar-refractivity contribution in [3.63, 3.8) is 0 Å². The topological polar surface area (TPSA) is 31.2 Å². The summed E-state index contributed by atoms with van der Waals surface area (Å²) in [6, 6.07) is 13.9. The second-order valence-electron chi connectivity index (χ2n) is 4.94. The number of hydrogen-bond donors (Lipinski definition) is 0. The SMILES string of the molecule is Cc1ccn(CCCOCCc2ccccc2)c(=O)c1. The van der Waals surface area contributed by atoms with Gasteiger partial charge in [0.1, 0.15) is 0 Å². The van der Waals surface area contributed by atoms with E-state index < -0.39 is 0 Å². The molecule has 0 aliphatic carbocycles. The minimum Gasteiger partial charge on any atom is -0.381 e. The maximum atomic E-state index is 11.7. The van der Waals surface area contributed by atoms with Crippen LogP contribution in [0.4, 0.5) is 0 Å². The van der Waals surface area contributed by atoms with Crippen LogP contribution in [0, 0.1) is 6.92 Å². The first kappa shape index (κ1) is 14.5. The van der Waals surface area contributed by atoms with Crippen LogP contribution in [-0.4, -0.2) is 17.8 Å². The van der Waals surface area contributed by atoms with Crippen molar-refractivity contribution >= 4 is 0 Å². The summed E-state index contributed by atoms with van der Waals surface area (Å²) >= 11 is 0. The normalized spacial score (nSPS) is 10.7. The maximum absolute atomic E-state index is 11.7. The van der Waals surface area contributed by atoms with Gasteiger partial charge in [0.15, 0.2) is 0 Å². The Morgan fingerprint density at radius 3 is 2.65 bits per heavy atom. The first-order chi connectivity index (χ1) is 9.75. The van der Waals surface area contributed by atoms with Crippen molar-refractivity contribution in [2.24, 2.45) is 0 Å². The van der Waals surface area contributed by atoms with E-state index in [1.165, 1.54) is 5.56 Å². The minimum atomic E-state index is 0.0642. The molecule has 1 aromatic heterocycles. The van der Waals surface area contributed by atoms with E-state index in [1.54, 1.807) is 10.6 Å². The van der Waals surface area contributed by atoms with E-state index in [-0.39, 0.29) is 5.56 Å². The fourth-order valence-corrected chi connectivity index (χ4v) is 2.07.